The minimum Gasteiger partial charge on any atom is -0.493 e. The topological polar surface area (TPSA) is 68.8 Å². The van der Waals surface area contributed by atoms with Crippen LogP contribution in [0.2, 0.25) is 0 Å². The first-order chi connectivity index (χ1) is 13.6. The van der Waals surface area contributed by atoms with Gasteiger partial charge in [-0.05, 0) is 49.6 Å². The molecular formula is C22H29ClN2O4. The Kier molecular flexibility index (Phi) is 9.25. The summed E-state index contributed by atoms with van der Waals surface area (Å²) in [5, 5.41) is 6.23. The van der Waals surface area contributed by atoms with Gasteiger partial charge in [0.25, 0.3) is 5.91 Å². The molecule has 29 heavy (non-hydrogen) atoms. The Labute approximate surface area is 178 Å². The van der Waals surface area contributed by atoms with E-state index >= 15 is 0 Å². The molecule has 7 heteroatoms. The normalized spacial score (nSPS) is 15.4. The lowest BCUT2D eigenvalue weighted by molar-refractivity contribution is -0.118. The van der Waals surface area contributed by atoms with E-state index in [2.05, 4.69) is 10.6 Å². The molecule has 0 bridgehead atoms. The number of amides is 1. The average Bonchev–Trinajstić information content (AvgIpc) is 3.22. The van der Waals surface area contributed by atoms with Crippen LogP contribution in [-0.2, 0) is 16.1 Å². The Morgan fingerprint density at radius 2 is 1.97 bits per heavy atom. The number of benzene rings is 2. The molecule has 1 aliphatic heterocycles. The fraction of sp³-hybridized carbons (Fsp3) is 0.409. The SMILES string of the molecule is COc1cc(CNCC2CCCO2)ccc1OCC(=O)Nc1ccc(C)cc1.Cl. The highest BCUT2D eigenvalue weighted by Gasteiger charge is 2.15. The van der Waals surface area contributed by atoms with Crippen LogP contribution in [0.3, 0.4) is 0 Å². The molecule has 1 aliphatic rings. The Morgan fingerprint density at radius 3 is 2.66 bits per heavy atom. The number of carbonyl (C=O) groups excluding carboxylic acids is 1. The summed E-state index contributed by atoms with van der Waals surface area (Å²) in [6.07, 6.45) is 2.58. The van der Waals surface area contributed by atoms with Gasteiger partial charge in [0, 0.05) is 25.4 Å². The van der Waals surface area contributed by atoms with Crippen LogP contribution >= 0.6 is 12.4 Å². The highest BCUT2D eigenvalue weighted by Crippen LogP contribution is 2.28. The van der Waals surface area contributed by atoms with Crippen molar-refractivity contribution in [2.45, 2.75) is 32.4 Å². The van der Waals surface area contributed by atoms with Gasteiger partial charge in [-0.2, -0.15) is 0 Å². The van der Waals surface area contributed by atoms with Gasteiger partial charge in [-0.3, -0.25) is 4.79 Å². The van der Waals surface area contributed by atoms with Crippen molar-refractivity contribution in [3.8, 4) is 11.5 Å². The highest BCUT2D eigenvalue weighted by atomic mass is 35.5. The Balaban J connectivity index is 0.00000300. The standard InChI is InChI=1S/C22H28N2O4.ClH/c1-16-5-8-18(9-6-16)24-22(25)15-28-20-10-7-17(12-21(20)26-2)13-23-14-19-4-3-11-27-19;/h5-10,12,19,23H,3-4,11,13-15H2,1-2H3,(H,24,25);1H. The minimum atomic E-state index is -0.215. The molecule has 1 heterocycles. The fourth-order valence-electron chi connectivity index (χ4n) is 3.10. The zero-order chi connectivity index (χ0) is 19.8. The van der Waals surface area contributed by atoms with E-state index in [1.54, 1.807) is 7.11 Å². The maximum Gasteiger partial charge on any atom is 0.262 e. The second kappa shape index (κ2) is 11.7. The number of halogens is 1. The summed E-state index contributed by atoms with van der Waals surface area (Å²) in [4.78, 5) is 12.1. The van der Waals surface area contributed by atoms with Gasteiger partial charge in [0.2, 0.25) is 0 Å². The fourth-order valence-corrected chi connectivity index (χ4v) is 3.10. The predicted molar refractivity (Wildman–Crippen MR) is 116 cm³/mol. The van der Waals surface area contributed by atoms with Crippen LogP contribution in [0.4, 0.5) is 5.69 Å². The molecule has 0 saturated carbocycles. The van der Waals surface area contributed by atoms with E-state index in [9.17, 15) is 4.79 Å². The zero-order valence-electron chi connectivity index (χ0n) is 16.9. The lowest BCUT2D eigenvalue weighted by atomic mass is 10.2. The third-order valence-electron chi connectivity index (χ3n) is 4.65. The number of hydrogen-bond donors (Lipinski definition) is 2. The van der Waals surface area contributed by atoms with Gasteiger partial charge in [-0.15, -0.1) is 12.4 Å². The van der Waals surface area contributed by atoms with E-state index < -0.39 is 0 Å². The second-order valence-electron chi connectivity index (χ2n) is 6.95. The molecule has 1 saturated heterocycles. The number of hydrogen-bond acceptors (Lipinski definition) is 5. The van der Waals surface area contributed by atoms with Crippen LogP contribution in [0.5, 0.6) is 11.5 Å². The van der Waals surface area contributed by atoms with Gasteiger partial charge in [0.15, 0.2) is 18.1 Å². The van der Waals surface area contributed by atoms with E-state index in [1.807, 2.05) is 49.4 Å². The maximum absolute atomic E-state index is 12.1. The molecule has 1 amide bonds. The van der Waals surface area contributed by atoms with Gasteiger partial charge in [-0.25, -0.2) is 0 Å². The summed E-state index contributed by atoms with van der Waals surface area (Å²) in [6, 6.07) is 13.4. The van der Waals surface area contributed by atoms with Crippen molar-refractivity contribution in [2.24, 2.45) is 0 Å². The third kappa shape index (κ3) is 7.24. The summed E-state index contributed by atoms with van der Waals surface area (Å²) in [5.74, 6) is 0.942. The molecule has 2 aromatic rings. The second-order valence-corrected chi connectivity index (χ2v) is 6.95. The molecular weight excluding hydrogens is 392 g/mol. The van der Waals surface area contributed by atoms with Crippen molar-refractivity contribution < 1.29 is 19.0 Å². The van der Waals surface area contributed by atoms with Gasteiger partial charge < -0.3 is 24.8 Å². The Hall–Kier alpha value is -2.28. The van der Waals surface area contributed by atoms with Gasteiger partial charge >= 0.3 is 0 Å². The van der Waals surface area contributed by atoms with Crippen LogP contribution in [0.1, 0.15) is 24.0 Å². The van der Waals surface area contributed by atoms with Gasteiger partial charge in [0.1, 0.15) is 0 Å². The van der Waals surface area contributed by atoms with Crippen molar-refractivity contribution in [1.82, 2.24) is 5.32 Å². The van der Waals surface area contributed by atoms with Crippen molar-refractivity contribution in [1.29, 1.82) is 0 Å². The molecule has 1 atom stereocenters. The van der Waals surface area contributed by atoms with E-state index in [1.165, 1.54) is 0 Å². The molecule has 0 aliphatic carbocycles. The summed E-state index contributed by atoms with van der Waals surface area (Å²) < 4.78 is 16.7. The van der Waals surface area contributed by atoms with E-state index in [-0.39, 0.29) is 24.9 Å². The molecule has 0 radical (unpaired) electrons. The number of anilines is 1. The predicted octanol–water partition coefficient (Wildman–Crippen LogP) is 3.71. The number of aryl methyl sites for hydroxylation is 1. The van der Waals surface area contributed by atoms with Crippen LogP contribution in [-0.4, -0.2) is 38.9 Å². The van der Waals surface area contributed by atoms with Crippen molar-refractivity contribution in [3.63, 3.8) is 0 Å². The molecule has 158 valence electrons. The van der Waals surface area contributed by atoms with Crippen molar-refractivity contribution in [3.05, 3.63) is 53.6 Å². The lowest BCUT2D eigenvalue weighted by Gasteiger charge is -2.14. The monoisotopic (exact) mass is 420 g/mol. The Bertz CT molecular complexity index is 777. The van der Waals surface area contributed by atoms with Gasteiger partial charge in [0.05, 0.1) is 13.2 Å². The number of rotatable bonds is 9. The number of ether oxygens (including phenoxy) is 3. The molecule has 0 spiro atoms. The molecule has 3 rings (SSSR count). The summed E-state index contributed by atoms with van der Waals surface area (Å²) in [5.41, 5.74) is 2.98. The van der Waals surface area contributed by atoms with Gasteiger partial charge in [-0.1, -0.05) is 23.8 Å². The lowest BCUT2D eigenvalue weighted by Crippen LogP contribution is -2.25. The molecule has 2 N–H and O–H groups in total. The smallest absolute Gasteiger partial charge is 0.262 e. The van der Waals surface area contributed by atoms with Crippen molar-refractivity contribution in [2.75, 3.05) is 32.2 Å². The molecule has 0 aromatic heterocycles. The number of nitrogens with one attached hydrogen (secondary N) is 2. The zero-order valence-corrected chi connectivity index (χ0v) is 17.7. The third-order valence-corrected chi connectivity index (χ3v) is 4.65. The first kappa shape index (κ1) is 23.0. The average molecular weight is 421 g/mol. The summed E-state index contributed by atoms with van der Waals surface area (Å²) >= 11 is 0. The molecule has 1 fully saturated rings. The number of carbonyl (C=O) groups is 1. The largest absolute Gasteiger partial charge is 0.493 e. The maximum atomic E-state index is 12.1. The van der Waals surface area contributed by atoms with Crippen molar-refractivity contribution >= 4 is 24.0 Å². The van der Waals surface area contributed by atoms with Crippen LogP contribution in [0, 0.1) is 6.92 Å². The summed E-state index contributed by atoms with van der Waals surface area (Å²) in [6.45, 7) is 4.36. The van der Waals surface area contributed by atoms with E-state index in [0.717, 1.165) is 49.4 Å². The minimum absolute atomic E-state index is 0. The van der Waals surface area contributed by atoms with Crippen LogP contribution < -0.4 is 20.1 Å². The molecule has 2 aromatic carbocycles. The molecule has 1 unspecified atom stereocenters. The van der Waals surface area contributed by atoms with Crippen LogP contribution in [0.15, 0.2) is 42.5 Å². The Morgan fingerprint density at radius 1 is 1.17 bits per heavy atom. The first-order valence-electron chi connectivity index (χ1n) is 9.62. The number of methoxy groups -OCH3 is 1. The summed E-state index contributed by atoms with van der Waals surface area (Å²) in [7, 11) is 1.60. The van der Waals surface area contributed by atoms with Crippen LogP contribution in [0.25, 0.3) is 0 Å². The molecule has 6 nitrogen and oxygen atoms in total. The van der Waals surface area contributed by atoms with E-state index in [4.69, 9.17) is 14.2 Å². The highest BCUT2D eigenvalue weighted by molar-refractivity contribution is 5.91. The van der Waals surface area contributed by atoms with E-state index in [0.29, 0.717) is 17.6 Å². The quantitative estimate of drug-likeness (QED) is 0.647. The first-order valence-corrected chi connectivity index (χ1v) is 9.62.